The Bertz CT molecular complexity index is 480. The Kier molecular flexibility index (Phi) is 4.56. The number of carbonyl (C=O) groups is 1. The topological polar surface area (TPSA) is 108 Å². The fourth-order valence-corrected chi connectivity index (χ4v) is 2.07. The summed E-state index contributed by atoms with van der Waals surface area (Å²) in [6.07, 6.45) is -4.19. The number of methoxy groups -OCH3 is 1. The van der Waals surface area contributed by atoms with Gasteiger partial charge in [0.1, 0.15) is 18.3 Å². The summed E-state index contributed by atoms with van der Waals surface area (Å²) in [6.45, 7) is -0.408. The lowest BCUT2D eigenvalue weighted by molar-refractivity contribution is -0.0153. The molecule has 1 heterocycles. The molecule has 1 saturated heterocycles. The number of hydrogen-bond acceptors (Lipinski definition) is 7. The number of aliphatic hydroxyl groups is 3. The van der Waals surface area contributed by atoms with E-state index in [9.17, 15) is 15.0 Å². The third-order valence-electron chi connectivity index (χ3n) is 3.17. The molecule has 0 unspecified atom stereocenters. The first-order valence-electron chi connectivity index (χ1n) is 6.14. The van der Waals surface area contributed by atoms with Crippen molar-refractivity contribution in [2.75, 3.05) is 19.0 Å². The van der Waals surface area contributed by atoms with Gasteiger partial charge in [0.15, 0.2) is 6.23 Å². The molecule has 0 aromatic heterocycles. The summed E-state index contributed by atoms with van der Waals surface area (Å²) in [5, 5.41) is 31.4. The number of aliphatic hydroxyl groups excluding tert-OH is 3. The summed E-state index contributed by atoms with van der Waals surface area (Å²) in [5.41, 5.74) is 0.696. The highest BCUT2D eigenvalue weighted by molar-refractivity contribution is 5.95. The molecule has 0 radical (unpaired) electrons. The van der Waals surface area contributed by atoms with Gasteiger partial charge in [-0.25, -0.2) is 4.79 Å². The number of ether oxygens (including phenoxy) is 2. The predicted octanol–water partition coefficient (Wildman–Crippen LogP) is -0.676. The largest absolute Gasteiger partial charge is 0.465 e. The van der Waals surface area contributed by atoms with E-state index in [1.54, 1.807) is 24.3 Å². The number of para-hydroxylation sites is 1. The van der Waals surface area contributed by atoms with Gasteiger partial charge in [0.25, 0.3) is 0 Å². The summed E-state index contributed by atoms with van der Waals surface area (Å²) < 4.78 is 9.95. The van der Waals surface area contributed by atoms with Crippen molar-refractivity contribution >= 4 is 11.7 Å². The highest BCUT2D eigenvalue weighted by Gasteiger charge is 2.42. The molecule has 2 rings (SSSR count). The van der Waals surface area contributed by atoms with Crippen molar-refractivity contribution in [2.45, 2.75) is 24.5 Å². The zero-order valence-corrected chi connectivity index (χ0v) is 10.9. The Labute approximate surface area is 115 Å². The van der Waals surface area contributed by atoms with E-state index in [0.717, 1.165) is 0 Å². The molecule has 0 amide bonds. The van der Waals surface area contributed by atoms with Crippen LogP contribution in [0.25, 0.3) is 0 Å². The van der Waals surface area contributed by atoms with Gasteiger partial charge in [-0.05, 0) is 12.1 Å². The molecule has 1 fully saturated rings. The van der Waals surface area contributed by atoms with Crippen LogP contribution in [0.2, 0.25) is 0 Å². The van der Waals surface area contributed by atoms with Crippen molar-refractivity contribution in [3.05, 3.63) is 29.8 Å². The molecular formula is C13H17NO6. The van der Waals surface area contributed by atoms with Crippen molar-refractivity contribution < 1.29 is 29.6 Å². The highest BCUT2D eigenvalue weighted by Crippen LogP contribution is 2.25. The molecule has 110 valence electrons. The Morgan fingerprint density at radius 1 is 1.35 bits per heavy atom. The van der Waals surface area contributed by atoms with Crippen LogP contribution in [-0.2, 0) is 9.47 Å². The number of hydrogen-bond donors (Lipinski definition) is 4. The SMILES string of the molecule is COC(=O)c1ccccc1N[C@@H]1O[C@H](CO)[C@@H](O)[C@H]1O. The molecule has 20 heavy (non-hydrogen) atoms. The van der Waals surface area contributed by atoms with Gasteiger partial charge >= 0.3 is 5.97 Å². The van der Waals surface area contributed by atoms with E-state index in [2.05, 4.69) is 10.1 Å². The van der Waals surface area contributed by atoms with Gasteiger partial charge < -0.3 is 30.1 Å². The lowest BCUT2D eigenvalue weighted by atomic mass is 10.1. The van der Waals surface area contributed by atoms with Gasteiger partial charge in [-0.2, -0.15) is 0 Å². The van der Waals surface area contributed by atoms with Crippen LogP contribution in [0.3, 0.4) is 0 Å². The first kappa shape index (κ1) is 14.7. The van der Waals surface area contributed by atoms with Crippen LogP contribution >= 0.6 is 0 Å². The zero-order valence-electron chi connectivity index (χ0n) is 10.9. The second kappa shape index (κ2) is 6.19. The van der Waals surface area contributed by atoms with Gasteiger partial charge in [0.05, 0.1) is 25.0 Å². The molecule has 0 bridgehead atoms. The summed E-state index contributed by atoms with van der Waals surface area (Å²) >= 11 is 0. The van der Waals surface area contributed by atoms with Gasteiger partial charge in [-0.3, -0.25) is 0 Å². The Hall–Kier alpha value is -1.67. The molecule has 0 saturated carbocycles. The van der Waals surface area contributed by atoms with Crippen molar-refractivity contribution in [2.24, 2.45) is 0 Å². The quantitative estimate of drug-likeness (QED) is 0.542. The molecular weight excluding hydrogens is 266 g/mol. The van der Waals surface area contributed by atoms with Crippen LogP contribution in [0.4, 0.5) is 5.69 Å². The Morgan fingerprint density at radius 2 is 2.05 bits per heavy atom. The van der Waals surface area contributed by atoms with Crippen LogP contribution in [0.5, 0.6) is 0 Å². The van der Waals surface area contributed by atoms with E-state index in [4.69, 9.17) is 9.84 Å². The van der Waals surface area contributed by atoms with Crippen LogP contribution in [0, 0.1) is 0 Å². The fourth-order valence-electron chi connectivity index (χ4n) is 2.07. The number of rotatable bonds is 4. The first-order valence-corrected chi connectivity index (χ1v) is 6.14. The molecule has 1 aliphatic rings. The molecule has 7 nitrogen and oxygen atoms in total. The standard InChI is InChI=1S/C13H17NO6/c1-19-13(18)7-4-2-3-5-8(7)14-12-11(17)10(16)9(6-15)20-12/h2-5,9-12,14-17H,6H2,1H3/t9-,10-,11-,12-/m1/s1. The minimum absolute atomic E-state index is 0.285. The molecule has 1 aromatic rings. The zero-order chi connectivity index (χ0) is 14.7. The second-order valence-corrected chi connectivity index (χ2v) is 4.44. The Balaban J connectivity index is 2.17. The molecule has 7 heteroatoms. The maximum absolute atomic E-state index is 11.6. The predicted molar refractivity (Wildman–Crippen MR) is 69.2 cm³/mol. The van der Waals surface area contributed by atoms with Crippen molar-refractivity contribution in [3.8, 4) is 0 Å². The summed E-state index contributed by atoms with van der Waals surface area (Å²) in [7, 11) is 1.27. The monoisotopic (exact) mass is 283 g/mol. The molecule has 1 aliphatic heterocycles. The van der Waals surface area contributed by atoms with Crippen LogP contribution < -0.4 is 5.32 Å². The van der Waals surface area contributed by atoms with E-state index in [1.165, 1.54) is 7.11 Å². The third-order valence-corrected chi connectivity index (χ3v) is 3.17. The summed E-state index contributed by atoms with van der Waals surface area (Å²) in [4.78, 5) is 11.6. The van der Waals surface area contributed by atoms with Crippen molar-refractivity contribution in [1.29, 1.82) is 0 Å². The third kappa shape index (κ3) is 2.75. The van der Waals surface area contributed by atoms with E-state index < -0.39 is 37.1 Å². The molecule has 4 N–H and O–H groups in total. The average Bonchev–Trinajstić information content (AvgIpc) is 2.75. The fraction of sp³-hybridized carbons (Fsp3) is 0.462. The first-order chi connectivity index (χ1) is 9.58. The number of anilines is 1. The van der Waals surface area contributed by atoms with E-state index in [1.807, 2.05) is 0 Å². The van der Waals surface area contributed by atoms with Crippen LogP contribution in [0.15, 0.2) is 24.3 Å². The Morgan fingerprint density at radius 3 is 2.65 bits per heavy atom. The maximum atomic E-state index is 11.6. The van der Waals surface area contributed by atoms with Crippen LogP contribution in [-0.4, -0.2) is 59.5 Å². The van der Waals surface area contributed by atoms with Crippen LogP contribution in [0.1, 0.15) is 10.4 Å². The smallest absolute Gasteiger partial charge is 0.339 e. The van der Waals surface area contributed by atoms with Gasteiger partial charge in [0.2, 0.25) is 0 Å². The van der Waals surface area contributed by atoms with E-state index in [-0.39, 0.29) is 5.56 Å². The van der Waals surface area contributed by atoms with Crippen molar-refractivity contribution in [3.63, 3.8) is 0 Å². The summed E-state index contributed by atoms with van der Waals surface area (Å²) in [5.74, 6) is -0.528. The summed E-state index contributed by atoms with van der Waals surface area (Å²) in [6, 6.07) is 6.57. The minimum Gasteiger partial charge on any atom is -0.465 e. The lowest BCUT2D eigenvalue weighted by Gasteiger charge is -2.19. The second-order valence-electron chi connectivity index (χ2n) is 4.44. The van der Waals surface area contributed by atoms with E-state index in [0.29, 0.717) is 5.69 Å². The molecule has 1 aromatic carbocycles. The lowest BCUT2D eigenvalue weighted by Crippen LogP contribution is -2.36. The minimum atomic E-state index is -1.21. The van der Waals surface area contributed by atoms with Gasteiger partial charge in [-0.1, -0.05) is 12.1 Å². The molecule has 0 spiro atoms. The van der Waals surface area contributed by atoms with Gasteiger partial charge in [-0.15, -0.1) is 0 Å². The number of benzene rings is 1. The number of nitrogens with one attached hydrogen (secondary N) is 1. The van der Waals surface area contributed by atoms with E-state index >= 15 is 0 Å². The average molecular weight is 283 g/mol. The molecule has 4 atom stereocenters. The number of esters is 1. The number of carbonyl (C=O) groups excluding carboxylic acids is 1. The molecule has 0 aliphatic carbocycles. The normalized spacial score (nSPS) is 29.2. The van der Waals surface area contributed by atoms with Gasteiger partial charge in [0, 0.05) is 0 Å². The highest BCUT2D eigenvalue weighted by atomic mass is 16.6. The maximum Gasteiger partial charge on any atom is 0.339 e. The van der Waals surface area contributed by atoms with Crippen molar-refractivity contribution in [1.82, 2.24) is 0 Å².